The molecule has 112 valence electrons. The summed E-state index contributed by atoms with van der Waals surface area (Å²) in [5, 5.41) is 1.74. The monoisotopic (exact) mass is 316 g/mol. The third kappa shape index (κ3) is 2.36. The second-order valence-corrected chi connectivity index (χ2v) is 8.40. The van der Waals surface area contributed by atoms with E-state index in [1.165, 1.54) is 31.3 Å². The first-order valence-corrected chi connectivity index (χ1v) is 9.30. The van der Waals surface area contributed by atoms with E-state index in [1.807, 2.05) is 0 Å². The summed E-state index contributed by atoms with van der Waals surface area (Å²) in [5.41, 5.74) is 0.0531. The smallest absolute Gasteiger partial charge is 0.253 e. The molecule has 0 atom stereocenters. The van der Waals surface area contributed by atoms with Gasteiger partial charge < -0.3 is 4.74 Å². The van der Waals surface area contributed by atoms with E-state index in [2.05, 4.69) is 9.62 Å². The lowest BCUT2D eigenvalue weighted by Gasteiger charge is -2.32. The molecule has 0 aliphatic carbocycles. The zero-order chi connectivity index (χ0) is 14.2. The lowest BCUT2D eigenvalue weighted by molar-refractivity contribution is 0.198. The van der Waals surface area contributed by atoms with E-state index >= 15 is 0 Å². The Morgan fingerprint density at radius 1 is 1.40 bits per heavy atom. The predicted octanol–water partition coefficient (Wildman–Crippen LogP) is 1.66. The van der Waals surface area contributed by atoms with Gasteiger partial charge in [0.25, 0.3) is 10.0 Å². The summed E-state index contributed by atoms with van der Waals surface area (Å²) in [6.07, 6.45) is 4.53. The standard InChI is InChI=1S/C13H20N2O3S2/c1-18-11-4-9-19-12(11)20(16,17)14-10-13-5-2-7-15(13)8-3-6-13/h4,9,14H,2-3,5-8,10H2,1H3. The third-order valence-electron chi connectivity index (χ3n) is 4.46. The maximum absolute atomic E-state index is 12.4. The van der Waals surface area contributed by atoms with E-state index in [4.69, 9.17) is 4.74 Å². The van der Waals surface area contributed by atoms with Crippen LogP contribution in [0.2, 0.25) is 0 Å². The number of fused-ring (bicyclic) bond motifs is 1. The average molecular weight is 316 g/mol. The van der Waals surface area contributed by atoms with Crippen molar-refractivity contribution in [3.05, 3.63) is 11.4 Å². The Morgan fingerprint density at radius 2 is 2.10 bits per heavy atom. The summed E-state index contributed by atoms with van der Waals surface area (Å²) in [6, 6.07) is 1.69. The van der Waals surface area contributed by atoms with Crippen LogP contribution < -0.4 is 9.46 Å². The number of hydrogen-bond donors (Lipinski definition) is 1. The van der Waals surface area contributed by atoms with Gasteiger partial charge in [-0.25, -0.2) is 13.1 Å². The molecule has 0 amide bonds. The molecule has 0 radical (unpaired) electrons. The van der Waals surface area contributed by atoms with Gasteiger partial charge in [-0.2, -0.15) is 0 Å². The predicted molar refractivity (Wildman–Crippen MR) is 78.8 cm³/mol. The van der Waals surface area contributed by atoms with Crippen molar-refractivity contribution in [3.8, 4) is 5.75 Å². The van der Waals surface area contributed by atoms with E-state index in [9.17, 15) is 8.42 Å². The first-order valence-electron chi connectivity index (χ1n) is 6.94. The van der Waals surface area contributed by atoms with Gasteiger partial charge in [0.05, 0.1) is 7.11 Å². The van der Waals surface area contributed by atoms with Crippen molar-refractivity contribution in [2.24, 2.45) is 0 Å². The molecule has 1 N–H and O–H groups in total. The Labute approximate surface area is 124 Å². The van der Waals surface area contributed by atoms with Crippen LogP contribution in [0.1, 0.15) is 25.7 Å². The molecule has 20 heavy (non-hydrogen) atoms. The highest BCUT2D eigenvalue weighted by Gasteiger charge is 2.44. The molecule has 7 heteroatoms. The van der Waals surface area contributed by atoms with Gasteiger partial charge in [0.2, 0.25) is 0 Å². The fourth-order valence-corrected chi connectivity index (χ4v) is 5.88. The quantitative estimate of drug-likeness (QED) is 0.897. The van der Waals surface area contributed by atoms with Gasteiger partial charge in [-0.15, -0.1) is 11.3 Å². The Bertz CT molecular complexity index is 572. The van der Waals surface area contributed by atoms with Gasteiger partial charge in [0.1, 0.15) is 5.75 Å². The Morgan fingerprint density at radius 3 is 2.75 bits per heavy atom. The Kier molecular flexibility index (Phi) is 3.79. The summed E-state index contributed by atoms with van der Waals surface area (Å²) < 4.78 is 33.0. The van der Waals surface area contributed by atoms with Crippen LogP contribution in [0.3, 0.4) is 0 Å². The van der Waals surface area contributed by atoms with Crippen LogP contribution in [0.4, 0.5) is 0 Å². The Balaban J connectivity index is 1.75. The number of ether oxygens (including phenoxy) is 1. The van der Waals surface area contributed by atoms with Gasteiger partial charge >= 0.3 is 0 Å². The number of sulfonamides is 1. The van der Waals surface area contributed by atoms with E-state index < -0.39 is 10.0 Å². The molecule has 2 aliphatic rings. The van der Waals surface area contributed by atoms with Gasteiger partial charge in [0, 0.05) is 12.1 Å². The van der Waals surface area contributed by atoms with Gasteiger partial charge in [-0.1, -0.05) is 0 Å². The molecule has 1 aromatic heterocycles. The SMILES string of the molecule is COc1ccsc1S(=O)(=O)NCC12CCCN1CCC2. The van der Waals surface area contributed by atoms with Crippen LogP contribution in [-0.4, -0.2) is 45.6 Å². The number of nitrogens with zero attached hydrogens (tertiary/aromatic N) is 1. The van der Waals surface area contributed by atoms with Gasteiger partial charge in [-0.05, 0) is 50.2 Å². The second-order valence-electron chi connectivity index (χ2n) is 5.52. The number of nitrogens with one attached hydrogen (secondary N) is 1. The second kappa shape index (κ2) is 5.29. The molecule has 0 aromatic carbocycles. The maximum atomic E-state index is 12.4. The molecule has 0 unspecified atom stereocenters. The lowest BCUT2D eigenvalue weighted by Crippen LogP contribution is -2.48. The normalized spacial score (nSPS) is 22.1. The number of hydrogen-bond acceptors (Lipinski definition) is 5. The molecule has 0 saturated carbocycles. The zero-order valence-electron chi connectivity index (χ0n) is 11.6. The fourth-order valence-electron chi connectivity index (χ4n) is 3.44. The molecule has 0 bridgehead atoms. The summed E-state index contributed by atoms with van der Waals surface area (Å²) in [4.78, 5) is 2.45. The first kappa shape index (κ1) is 14.3. The highest BCUT2D eigenvalue weighted by atomic mass is 32.2. The number of methoxy groups -OCH3 is 1. The molecule has 3 rings (SSSR count). The maximum Gasteiger partial charge on any atom is 0.253 e. The Hall–Kier alpha value is -0.630. The minimum atomic E-state index is -3.47. The first-order chi connectivity index (χ1) is 9.57. The van der Waals surface area contributed by atoms with Crippen molar-refractivity contribution in [3.63, 3.8) is 0 Å². The van der Waals surface area contributed by atoms with Crippen molar-refractivity contribution in [2.45, 2.75) is 35.4 Å². The average Bonchev–Trinajstić information content (AvgIpc) is 3.11. The van der Waals surface area contributed by atoms with Crippen molar-refractivity contribution >= 4 is 21.4 Å². The van der Waals surface area contributed by atoms with E-state index in [1.54, 1.807) is 11.4 Å². The van der Waals surface area contributed by atoms with Crippen molar-refractivity contribution in [1.82, 2.24) is 9.62 Å². The van der Waals surface area contributed by atoms with E-state index in [0.717, 1.165) is 25.9 Å². The molecule has 5 nitrogen and oxygen atoms in total. The third-order valence-corrected chi connectivity index (χ3v) is 7.31. The van der Waals surface area contributed by atoms with Gasteiger partial charge in [0.15, 0.2) is 4.21 Å². The van der Waals surface area contributed by atoms with Crippen molar-refractivity contribution in [2.75, 3.05) is 26.7 Å². The highest BCUT2D eigenvalue weighted by Crippen LogP contribution is 2.38. The molecule has 1 aromatic rings. The molecular weight excluding hydrogens is 296 g/mol. The van der Waals surface area contributed by atoms with Crippen LogP contribution in [0, 0.1) is 0 Å². The van der Waals surface area contributed by atoms with Crippen molar-refractivity contribution < 1.29 is 13.2 Å². The summed E-state index contributed by atoms with van der Waals surface area (Å²) in [6.45, 7) is 2.71. The molecule has 3 heterocycles. The lowest BCUT2D eigenvalue weighted by atomic mass is 9.95. The summed E-state index contributed by atoms with van der Waals surface area (Å²) in [5.74, 6) is 0.426. The topological polar surface area (TPSA) is 58.6 Å². The summed E-state index contributed by atoms with van der Waals surface area (Å²) in [7, 11) is -1.98. The molecule has 2 saturated heterocycles. The van der Waals surface area contributed by atoms with E-state index in [-0.39, 0.29) is 9.75 Å². The highest BCUT2D eigenvalue weighted by molar-refractivity contribution is 7.91. The van der Waals surface area contributed by atoms with Gasteiger partial charge in [-0.3, -0.25) is 4.90 Å². The minimum Gasteiger partial charge on any atom is -0.494 e. The zero-order valence-corrected chi connectivity index (χ0v) is 13.2. The molecule has 2 fully saturated rings. The van der Waals surface area contributed by atoms with Crippen LogP contribution in [-0.2, 0) is 10.0 Å². The molecule has 2 aliphatic heterocycles. The van der Waals surface area contributed by atoms with Crippen LogP contribution >= 0.6 is 11.3 Å². The van der Waals surface area contributed by atoms with Crippen molar-refractivity contribution in [1.29, 1.82) is 0 Å². The molecule has 0 spiro atoms. The van der Waals surface area contributed by atoms with Crippen LogP contribution in [0.15, 0.2) is 15.7 Å². The number of thiophene rings is 1. The fraction of sp³-hybridized carbons (Fsp3) is 0.692. The van der Waals surface area contributed by atoms with E-state index in [0.29, 0.717) is 12.3 Å². The number of rotatable bonds is 5. The summed E-state index contributed by atoms with van der Waals surface area (Å²) >= 11 is 1.20. The molecular formula is C13H20N2O3S2. The van der Waals surface area contributed by atoms with Crippen LogP contribution in [0.25, 0.3) is 0 Å². The van der Waals surface area contributed by atoms with Crippen LogP contribution in [0.5, 0.6) is 5.75 Å². The minimum absolute atomic E-state index is 0.0531. The largest absolute Gasteiger partial charge is 0.494 e.